The number of rotatable bonds is 13. The molecule has 0 saturated carbocycles. The van der Waals surface area contributed by atoms with Crippen molar-refractivity contribution in [1.82, 2.24) is 20.0 Å². The first-order valence-electron chi connectivity index (χ1n) is 18.4. The smallest absolute Gasteiger partial charge is 0.408 e. The van der Waals surface area contributed by atoms with E-state index in [4.69, 9.17) is 27.9 Å². The van der Waals surface area contributed by atoms with Gasteiger partial charge in [-0.3, -0.25) is 9.69 Å². The molecular formula is C42H47Cl2FN4O3S. The highest BCUT2D eigenvalue weighted by Crippen LogP contribution is 2.30. The molecule has 0 spiro atoms. The van der Waals surface area contributed by atoms with Gasteiger partial charge in [-0.05, 0) is 108 Å². The number of hydrogen-bond donors (Lipinski definition) is 1. The SMILES string of the molecule is CCSc1cc(F)ccc1CN1CCN(C(=O)[C@H](NC(=O)OCc2ccccc2)C2CCN(CCc3cc(Cl)ccc3-c3cccc(Cl)c3)CC2)CC1. The van der Waals surface area contributed by atoms with E-state index in [1.54, 1.807) is 17.8 Å². The van der Waals surface area contributed by atoms with Crippen LogP contribution in [0.4, 0.5) is 9.18 Å². The third-order valence-corrected chi connectivity index (χ3v) is 11.6. The molecule has 1 atom stereocenters. The van der Waals surface area contributed by atoms with Gasteiger partial charge in [0, 0.05) is 54.2 Å². The van der Waals surface area contributed by atoms with E-state index in [1.807, 2.05) is 71.6 Å². The van der Waals surface area contributed by atoms with Gasteiger partial charge in [0.25, 0.3) is 0 Å². The van der Waals surface area contributed by atoms with Crippen LogP contribution in [0.15, 0.2) is 95.9 Å². The lowest BCUT2D eigenvalue weighted by Gasteiger charge is -2.40. The van der Waals surface area contributed by atoms with Gasteiger partial charge in [0.1, 0.15) is 18.5 Å². The fourth-order valence-corrected chi connectivity index (χ4v) is 8.49. The van der Waals surface area contributed by atoms with Crippen LogP contribution in [0.3, 0.4) is 0 Å². The molecule has 7 nitrogen and oxygen atoms in total. The maximum Gasteiger partial charge on any atom is 0.408 e. The molecule has 0 unspecified atom stereocenters. The normalized spacial score (nSPS) is 16.3. The third kappa shape index (κ3) is 11.0. The molecule has 2 saturated heterocycles. The number of benzene rings is 4. The van der Waals surface area contributed by atoms with Crippen LogP contribution in [0.1, 0.15) is 36.5 Å². The topological polar surface area (TPSA) is 65.1 Å². The van der Waals surface area contributed by atoms with Crippen LogP contribution >= 0.6 is 35.0 Å². The Kier molecular flexibility index (Phi) is 14.1. The summed E-state index contributed by atoms with van der Waals surface area (Å²) in [5.74, 6) is 0.555. The third-order valence-electron chi connectivity index (χ3n) is 10.2. The average molecular weight is 778 g/mol. The number of ether oxygens (including phenoxy) is 1. The summed E-state index contributed by atoms with van der Waals surface area (Å²) in [5.41, 5.74) is 5.33. The number of nitrogens with one attached hydrogen (secondary N) is 1. The summed E-state index contributed by atoms with van der Waals surface area (Å²) in [5, 5.41) is 4.39. The second kappa shape index (κ2) is 19.1. The van der Waals surface area contributed by atoms with E-state index in [1.165, 1.54) is 6.07 Å². The zero-order chi connectivity index (χ0) is 37.2. The van der Waals surface area contributed by atoms with Crippen LogP contribution in [0.25, 0.3) is 11.1 Å². The monoisotopic (exact) mass is 776 g/mol. The van der Waals surface area contributed by atoms with Crippen LogP contribution < -0.4 is 5.32 Å². The summed E-state index contributed by atoms with van der Waals surface area (Å²) in [4.78, 5) is 35.0. The van der Waals surface area contributed by atoms with Crippen molar-refractivity contribution in [2.75, 3.05) is 51.6 Å². The molecule has 4 aromatic rings. The second-order valence-electron chi connectivity index (χ2n) is 13.7. The highest BCUT2D eigenvalue weighted by Gasteiger charge is 2.36. The van der Waals surface area contributed by atoms with E-state index in [0.717, 1.165) is 77.4 Å². The predicted octanol–water partition coefficient (Wildman–Crippen LogP) is 8.81. The lowest BCUT2D eigenvalue weighted by Crippen LogP contribution is -2.58. The number of nitrogens with zero attached hydrogens (tertiary/aromatic N) is 3. The van der Waals surface area contributed by atoms with Crippen molar-refractivity contribution in [2.45, 2.75) is 50.3 Å². The molecule has 0 aliphatic carbocycles. The molecule has 0 radical (unpaired) electrons. The molecule has 2 amide bonds. The fraction of sp³-hybridized carbons (Fsp3) is 0.381. The van der Waals surface area contributed by atoms with E-state index in [-0.39, 0.29) is 24.2 Å². The molecule has 11 heteroatoms. The summed E-state index contributed by atoms with van der Waals surface area (Å²) in [6, 6.07) is 27.7. The Balaban J connectivity index is 1.08. The number of alkyl carbamates (subject to hydrolysis) is 1. The molecule has 2 aliphatic heterocycles. The number of thioether (sulfide) groups is 1. The molecule has 6 rings (SSSR count). The van der Waals surface area contributed by atoms with Gasteiger partial charge < -0.3 is 19.9 Å². The molecule has 0 bridgehead atoms. The van der Waals surface area contributed by atoms with Gasteiger partial charge in [-0.15, -0.1) is 11.8 Å². The van der Waals surface area contributed by atoms with Crippen LogP contribution in [0.5, 0.6) is 0 Å². The lowest BCUT2D eigenvalue weighted by atomic mass is 9.88. The highest BCUT2D eigenvalue weighted by molar-refractivity contribution is 7.99. The van der Waals surface area contributed by atoms with E-state index in [2.05, 4.69) is 34.2 Å². The summed E-state index contributed by atoms with van der Waals surface area (Å²) >= 11 is 14.4. The van der Waals surface area contributed by atoms with E-state index >= 15 is 0 Å². The number of hydrogen-bond acceptors (Lipinski definition) is 6. The number of piperazine rings is 1. The maximum absolute atomic E-state index is 14.2. The largest absolute Gasteiger partial charge is 0.445 e. The fourth-order valence-electron chi connectivity index (χ4n) is 7.28. The highest BCUT2D eigenvalue weighted by atomic mass is 35.5. The zero-order valence-corrected chi connectivity index (χ0v) is 32.4. The van der Waals surface area contributed by atoms with Crippen molar-refractivity contribution in [3.63, 3.8) is 0 Å². The van der Waals surface area contributed by atoms with Gasteiger partial charge >= 0.3 is 6.09 Å². The number of piperidine rings is 1. The van der Waals surface area contributed by atoms with Gasteiger partial charge in [0.15, 0.2) is 0 Å². The minimum absolute atomic E-state index is 0.0258. The summed E-state index contributed by atoms with van der Waals surface area (Å²) in [7, 11) is 0. The predicted molar refractivity (Wildman–Crippen MR) is 213 cm³/mol. The number of likely N-dealkylation sites (tertiary alicyclic amines) is 1. The van der Waals surface area contributed by atoms with Crippen molar-refractivity contribution in [3.05, 3.63) is 124 Å². The Bertz CT molecular complexity index is 1830. The van der Waals surface area contributed by atoms with Crippen LogP contribution in [0, 0.1) is 11.7 Å². The first kappa shape index (κ1) is 39.1. The van der Waals surface area contributed by atoms with Crippen molar-refractivity contribution in [2.24, 2.45) is 5.92 Å². The maximum atomic E-state index is 14.2. The molecule has 2 heterocycles. The molecule has 4 aromatic carbocycles. The minimum Gasteiger partial charge on any atom is -0.445 e. The number of carbonyl (C=O) groups excluding carboxylic acids is 2. The Morgan fingerprint density at radius 1 is 0.849 bits per heavy atom. The van der Waals surface area contributed by atoms with Gasteiger partial charge in [-0.1, -0.05) is 84.7 Å². The van der Waals surface area contributed by atoms with Gasteiger partial charge in [0.05, 0.1) is 0 Å². The zero-order valence-electron chi connectivity index (χ0n) is 30.1. The van der Waals surface area contributed by atoms with Gasteiger partial charge in [-0.2, -0.15) is 0 Å². The first-order valence-corrected chi connectivity index (χ1v) is 20.2. The summed E-state index contributed by atoms with van der Waals surface area (Å²) < 4.78 is 19.5. The summed E-state index contributed by atoms with van der Waals surface area (Å²) in [6.45, 7) is 7.88. The Morgan fingerprint density at radius 3 is 2.34 bits per heavy atom. The Hall–Kier alpha value is -3.60. The number of amides is 2. The average Bonchev–Trinajstić information content (AvgIpc) is 3.17. The van der Waals surface area contributed by atoms with Gasteiger partial charge in [-0.25, -0.2) is 9.18 Å². The quantitative estimate of drug-likeness (QED) is 0.137. The van der Waals surface area contributed by atoms with Crippen molar-refractivity contribution < 1.29 is 18.7 Å². The standard InChI is InChI=1S/C42H47Cl2FN4O3S/c1-2-53-39-27-37(45)13-11-34(39)28-48-21-23-49(24-22-48)41(50)40(46-42(51)52-29-30-7-4-3-5-8-30)31-15-18-47(19-16-31)20-17-33-26-36(44)12-14-38(33)32-9-6-10-35(43)25-32/h3-14,25-27,31,40H,2,15-24,28-29H2,1H3,(H,46,51)/t40-/m1/s1. The van der Waals surface area contributed by atoms with E-state index in [0.29, 0.717) is 42.8 Å². The Morgan fingerprint density at radius 2 is 1.60 bits per heavy atom. The Labute approximate surface area is 326 Å². The van der Waals surface area contributed by atoms with Crippen LogP contribution in [0.2, 0.25) is 10.0 Å². The molecule has 2 fully saturated rings. The molecule has 0 aromatic heterocycles. The van der Waals surface area contributed by atoms with Crippen molar-refractivity contribution in [1.29, 1.82) is 0 Å². The lowest BCUT2D eigenvalue weighted by molar-refractivity contribution is -0.137. The molecule has 53 heavy (non-hydrogen) atoms. The minimum atomic E-state index is -0.681. The summed E-state index contributed by atoms with van der Waals surface area (Å²) in [6.07, 6.45) is 1.78. The van der Waals surface area contributed by atoms with Crippen LogP contribution in [-0.2, 0) is 29.1 Å². The van der Waals surface area contributed by atoms with Crippen molar-refractivity contribution in [3.8, 4) is 11.1 Å². The molecule has 2 aliphatic rings. The first-order chi connectivity index (χ1) is 25.7. The molecule has 1 N–H and O–H groups in total. The van der Waals surface area contributed by atoms with Gasteiger partial charge in [0.2, 0.25) is 5.91 Å². The second-order valence-corrected chi connectivity index (χ2v) is 15.9. The number of halogens is 3. The number of carbonyl (C=O) groups is 2. The van der Waals surface area contributed by atoms with Crippen molar-refractivity contribution >= 4 is 47.0 Å². The molecule has 280 valence electrons. The van der Waals surface area contributed by atoms with Crippen LogP contribution in [-0.4, -0.2) is 84.3 Å². The molecular weight excluding hydrogens is 730 g/mol. The van der Waals surface area contributed by atoms with E-state index < -0.39 is 12.1 Å². The van der Waals surface area contributed by atoms with E-state index in [9.17, 15) is 14.0 Å².